The first-order valence-corrected chi connectivity index (χ1v) is 12.0. The largest absolute Gasteiger partial charge is 0.454 e. The monoisotopic (exact) mass is 527 g/mol. The molecule has 0 spiro atoms. The van der Waals surface area contributed by atoms with Crippen LogP contribution in [0, 0.1) is 11.6 Å². The SMILES string of the molecule is CCOC1(C)CN(c2nccc(Oc3ccc(-n4ncn(Cc5c(F)cccc5Cl)c4=O)cc3)c2F)C1. The second kappa shape index (κ2) is 9.95. The van der Waals surface area contributed by atoms with Gasteiger partial charge in [-0.2, -0.15) is 14.2 Å². The smallest absolute Gasteiger partial charge is 0.350 e. The molecule has 5 rings (SSSR count). The van der Waals surface area contributed by atoms with Crippen molar-refractivity contribution < 1.29 is 18.3 Å². The van der Waals surface area contributed by atoms with Crippen LogP contribution in [0.15, 0.2) is 65.8 Å². The van der Waals surface area contributed by atoms with E-state index in [-0.39, 0.29) is 34.3 Å². The molecular weight excluding hydrogens is 504 g/mol. The molecule has 0 amide bonds. The summed E-state index contributed by atoms with van der Waals surface area (Å²) in [6.45, 7) is 5.51. The summed E-state index contributed by atoms with van der Waals surface area (Å²) in [4.78, 5) is 18.8. The number of halogens is 3. The maximum Gasteiger partial charge on any atom is 0.350 e. The fraction of sp³-hybridized carbons (Fsp3) is 0.269. The van der Waals surface area contributed by atoms with Crippen molar-refractivity contribution in [2.75, 3.05) is 24.6 Å². The molecule has 4 aromatic rings. The van der Waals surface area contributed by atoms with Gasteiger partial charge < -0.3 is 14.4 Å². The summed E-state index contributed by atoms with van der Waals surface area (Å²) in [6.07, 6.45) is 2.81. The average molecular weight is 528 g/mol. The Morgan fingerprint density at radius 1 is 1.11 bits per heavy atom. The normalized spacial score (nSPS) is 14.5. The van der Waals surface area contributed by atoms with Gasteiger partial charge in [0.2, 0.25) is 5.82 Å². The minimum Gasteiger partial charge on any atom is -0.454 e. The van der Waals surface area contributed by atoms with Gasteiger partial charge in [-0.1, -0.05) is 17.7 Å². The molecule has 1 aliphatic rings. The molecule has 1 saturated heterocycles. The highest BCUT2D eigenvalue weighted by Crippen LogP contribution is 2.35. The Hall–Kier alpha value is -3.76. The highest BCUT2D eigenvalue weighted by Gasteiger charge is 2.41. The number of benzene rings is 2. The van der Waals surface area contributed by atoms with Crippen LogP contribution in [0.4, 0.5) is 14.6 Å². The van der Waals surface area contributed by atoms with Crippen molar-refractivity contribution in [1.82, 2.24) is 19.3 Å². The topological polar surface area (TPSA) is 74.4 Å². The van der Waals surface area contributed by atoms with E-state index in [9.17, 15) is 9.18 Å². The first kappa shape index (κ1) is 24.9. The number of nitrogens with zero attached hydrogens (tertiary/aromatic N) is 5. The molecule has 8 nitrogen and oxygen atoms in total. The summed E-state index contributed by atoms with van der Waals surface area (Å²) in [5.41, 5.74) is -0.120. The zero-order valence-corrected chi connectivity index (χ0v) is 21.0. The molecule has 0 bridgehead atoms. The predicted molar refractivity (Wildman–Crippen MR) is 135 cm³/mol. The van der Waals surface area contributed by atoms with Crippen LogP contribution in [0.1, 0.15) is 19.4 Å². The molecule has 37 heavy (non-hydrogen) atoms. The van der Waals surface area contributed by atoms with E-state index in [1.165, 1.54) is 40.0 Å². The summed E-state index contributed by atoms with van der Waals surface area (Å²) >= 11 is 6.08. The van der Waals surface area contributed by atoms with Gasteiger partial charge in [-0.25, -0.2) is 14.2 Å². The third-order valence-electron chi connectivity index (χ3n) is 6.11. The Morgan fingerprint density at radius 2 is 1.86 bits per heavy atom. The molecule has 11 heteroatoms. The van der Waals surface area contributed by atoms with Crippen molar-refractivity contribution in [2.24, 2.45) is 0 Å². The van der Waals surface area contributed by atoms with Crippen LogP contribution in [-0.2, 0) is 11.3 Å². The lowest BCUT2D eigenvalue weighted by molar-refractivity contribution is -0.0451. The van der Waals surface area contributed by atoms with E-state index < -0.39 is 17.3 Å². The summed E-state index contributed by atoms with van der Waals surface area (Å²) < 4.78 is 43.2. The lowest BCUT2D eigenvalue weighted by atomic mass is 9.96. The molecule has 192 valence electrons. The molecule has 1 aliphatic heterocycles. The van der Waals surface area contributed by atoms with Gasteiger partial charge in [-0.3, -0.25) is 4.57 Å². The Balaban J connectivity index is 1.30. The van der Waals surface area contributed by atoms with Gasteiger partial charge in [0.1, 0.15) is 23.5 Å². The number of ether oxygens (including phenoxy) is 2. The minimum atomic E-state index is -0.563. The van der Waals surface area contributed by atoms with E-state index in [1.807, 2.05) is 13.8 Å². The molecule has 1 fully saturated rings. The molecule has 0 N–H and O–H groups in total. The lowest BCUT2D eigenvalue weighted by Crippen LogP contribution is -2.62. The lowest BCUT2D eigenvalue weighted by Gasteiger charge is -2.48. The first-order chi connectivity index (χ1) is 17.8. The predicted octanol–water partition coefficient (Wildman–Crippen LogP) is 4.82. The van der Waals surface area contributed by atoms with Crippen LogP contribution < -0.4 is 15.3 Å². The van der Waals surface area contributed by atoms with Gasteiger partial charge >= 0.3 is 5.69 Å². The number of anilines is 1. The van der Waals surface area contributed by atoms with Crippen LogP contribution in [0.3, 0.4) is 0 Å². The number of rotatable bonds is 8. The zero-order valence-electron chi connectivity index (χ0n) is 20.2. The van der Waals surface area contributed by atoms with Crippen molar-refractivity contribution in [3.8, 4) is 17.2 Å². The van der Waals surface area contributed by atoms with E-state index in [2.05, 4.69) is 10.1 Å². The average Bonchev–Trinajstić information content (AvgIpc) is 3.22. The van der Waals surface area contributed by atoms with Gasteiger partial charge in [0.15, 0.2) is 11.6 Å². The van der Waals surface area contributed by atoms with Gasteiger partial charge in [-0.05, 0) is 50.2 Å². The first-order valence-electron chi connectivity index (χ1n) is 11.7. The summed E-state index contributed by atoms with van der Waals surface area (Å²) in [5.74, 6) is -0.457. The van der Waals surface area contributed by atoms with Crippen molar-refractivity contribution >= 4 is 17.4 Å². The number of hydrogen-bond acceptors (Lipinski definition) is 6. The number of pyridine rings is 1. The van der Waals surface area contributed by atoms with Crippen LogP contribution >= 0.6 is 11.6 Å². The number of aromatic nitrogens is 4. The Labute approximate surface area is 216 Å². The second-order valence-corrected chi connectivity index (χ2v) is 9.34. The molecular formula is C26H24ClF2N5O3. The standard InChI is InChI=1S/C26H24ClF2N5O3/c1-3-36-26(2)14-33(15-26)24-23(29)22(11-12-30-24)37-18-9-7-17(8-10-18)34-25(35)32(16-31-34)13-19-20(27)5-4-6-21(19)28/h4-12,16H,3,13-15H2,1-2H3. The van der Waals surface area contributed by atoms with Crippen LogP contribution in [0.5, 0.6) is 11.5 Å². The van der Waals surface area contributed by atoms with Gasteiger partial charge in [0.25, 0.3) is 0 Å². The van der Waals surface area contributed by atoms with Gasteiger partial charge in [0.05, 0.1) is 25.3 Å². The molecule has 0 atom stereocenters. The van der Waals surface area contributed by atoms with Gasteiger partial charge in [0, 0.05) is 29.5 Å². The molecule has 2 aromatic carbocycles. The third kappa shape index (κ3) is 4.94. The Kier molecular flexibility index (Phi) is 6.70. The molecule has 0 unspecified atom stereocenters. The Bertz CT molecular complexity index is 1460. The van der Waals surface area contributed by atoms with Crippen LogP contribution in [0.25, 0.3) is 5.69 Å². The highest BCUT2D eigenvalue weighted by atomic mass is 35.5. The minimum absolute atomic E-state index is 0.0333. The van der Waals surface area contributed by atoms with E-state index in [4.69, 9.17) is 21.1 Å². The van der Waals surface area contributed by atoms with Crippen LogP contribution in [-0.4, -0.2) is 44.6 Å². The van der Waals surface area contributed by atoms with Crippen molar-refractivity contribution in [2.45, 2.75) is 26.0 Å². The van der Waals surface area contributed by atoms with E-state index in [1.54, 1.807) is 35.2 Å². The quantitative estimate of drug-likeness (QED) is 0.327. The molecule has 3 heterocycles. The molecule has 0 radical (unpaired) electrons. The molecule has 0 aliphatic carbocycles. The summed E-state index contributed by atoms with van der Waals surface area (Å²) in [7, 11) is 0. The molecule has 2 aromatic heterocycles. The Morgan fingerprint density at radius 3 is 2.57 bits per heavy atom. The highest BCUT2D eigenvalue weighted by molar-refractivity contribution is 6.31. The third-order valence-corrected chi connectivity index (χ3v) is 6.47. The van der Waals surface area contributed by atoms with Crippen molar-refractivity contribution in [3.05, 3.63) is 93.8 Å². The van der Waals surface area contributed by atoms with Crippen LogP contribution in [0.2, 0.25) is 5.02 Å². The fourth-order valence-corrected chi connectivity index (χ4v) is 4.54. The number of hydrogen-bond donors (Lipinski definition) is 0. The van der Waals surface area contributed by atoms with Gasteiger partial charge in [-0.15, -0.1) is 0 Å². The summed E-state index contributed by atoms with van der Waals surface area (Å²) in [5, 5.41) is 4.34. The molecule has 0 saturated carbocycles. The zero-order chi connectivity index (χ0) is 26.2. The summed E-state index contributed by atoms with van der Waals surface area (Å²) in [6, 6.07) is 12.2. The van der Waals surface area contributed by atoms with Crippen molar-refractivity contribution in [3.63, 3.8) is 0 Å². The van der Waals surface area contributed by atoms with E-state index in [0.29, 0.717) is 31.1 Å². The maximum absolute atomic E-state index is 15.1. The van der Waals surface area contributed by atoms with E-state index >= 15 is 4.39 Å². The van der Waals surface area contributed by atoms with E-state index in [0.717, 1.165) is 0 Å². The second-order valence-electron chi connectivity index (χ2n) is 8.94. The maximum atomic E-state index is 15.1. The fourth-order valence-electron chi connectivity index (χ4n) is 4.32. The van der Waals surface area contributed by atoms with Crippen molar-refractivity contribution in [1.29, 1.82) is 0 Å².